The number of carbonyl (C=O) groups excluding carboxylic acids is 1. The van der Waals surface area contributed by atoms with Gasteiger partial charge < -0.3 is 19.9 Å². The van der Waals surface area contributed by atoms with Gasteiger partial charge in [0.1, 0.15) is 17.8 Å². The third kappa shape index (κ3) is 4.36. The summed E-state index contributed by atoms with van der Waals surface area (Å²) in [5, 5.41) is 9.91. The number of rotatable bonds is 7. The van der Waals surface area contributed by atoms with Gasteiger partial charge in [0, 0.05) is 52.3 Å². The SMILES string of the molecule is CN(CC1CC(F)(F)CN1C(=O)CCO)S(=O)(=O)N1CCN(c2ncnc3[nH]ccc23)CC12CC2. The summed E-state index contributed by atoms with van der Waals surface area (Å²) in [5.74, 6) is -2.95. The van der Waals surface area contributed by atoms with E-state index in [2.05, 4.69) is 19.9 Å². The minimum absolute atomic E-state index is 0.233. The lowest BCUT2D eigenvalue weighted by atomic mass is 10.2. The van der Waals surface area contributed by atoms with Gasteiger partial charge in [-0.3, -0.25) is 4.79 Å². The molecule has 0 radical (unpaired) electrons. The van der Waals surface area contributed by atoms with E-state index in [0.717, 1.165) is 20.4 Å². The predicted molar refractivity (Wildman–Crippen MR) is 123 cm³/mol. The van der Waals surface area contributed by atoms with Gasteiger partial charge in [-0.1, -0.05) is 0 Å². The van der Waals surface area contributed by atoms with Crippen LogP contribution in [0.3, 0.4) is 0 Å². The maximum absolute atomic E-state index is 14.1. The monoisotopic (exact) mass is 513 g/mol. The van der Waals surface area contributed by atoms with Crippen molar-refractivity contribution in [2.45, 2.75) is 43.2 Å². The summed E-state index contributed by atoms with van der Waals surface area (Å²) in [6.07, 6.45) is 3.77. The molecule has 35 heavy (non-hydrogen) atoms. The Morgan fingerprint density at radius 2 is 2.06 bits per heavy atom. The first kappa shape index (κ1) is 24.3. The number of amides is 1. The number of aromatic amines is 1. The Balaban J connectivity index is 1.32. The molecular weight excluding hydrogens is 484 g/mol. The van der Waals surface area contributed by atoms with Gasteiger partial charge >= 0.3 is 0 Å². The summed E-state index contributed by atoms with van der Waals surface area (Å²) in [7, 11) is -2.59. The molecule has 1 atom stereocenters. The molecule has 5 rings (SSSR count). The number of halogens is 2. The van der Waals surface area contributed by atoms with Crippen LogP contribution in [0.4, 0.5) is 14.6 Å². The molecule has 1 aliphatic carbocycles. The number of aromatic nitrogens is 3. The fourth-order valence-electron chi connectivity index (χ4n) is 5.32. The number of anilines is 1. The fourth-order valence-corrected chi connectivity index (χ4v) is 7.06. The van der Waals surface area contributed by atoms with Crippen LogP contribution in [0.25, 0.3) is 11.0 Å². The largest absolute Gasteiger partial charge is 0.396 e. The molecule has 1 amide bonds. The quantitative estimate of drug-likeness (QED) is 0.549. The molecule has 0 bridgehead atoms. The van der Waals surface area contributed by atoms with Gasteiger partial charge in [-0.15, -0.1) is 0 Å². The normalized spacial score (nSPS) is 24.1. The van der Waals surface area contributed by atoms with E-state index in [1.165, 1.54) is 17.7 Å². The van der Waals surface area contributed by atoms with Crippen molar-refractivity contribution in [3.05, 3.63) is 18.6 Å². The lowest BCUT2D eigenvalue weighted by molar-refractivity contribution is -0.134. The Hall–Kier alpha value is -2.42. The van der Waals surface area contributed by atoms with Gasteiger partial charge in [0.25, 0.3) is 16.1 Å². The highest BCUT2D eigenvalue weighted by molar-refractivity contribution is 7.86. The van der Waals surface area contributed by atoms with Gasteiger partial charge in [-0.05, 0) is 18.9 Å². The van der Waals surface area contributed by atoms with Crippen molar-refractivity contribution < 1.29 is 27.1 Å². The molecule has 2 N–H and O–H groups in total. The first-order valence-electron chi connectivity index (χ1n) is 11.6. The number of fused-ring (bicyclic) bond motifs is 1. The highest BCUT2D eigenvalue weighted by Gasteiger charge is 2.57. The van der Waals surface area contributed by atoms with Crippen molar-refractivity contribution >= 4 is 33.0 Å². The maximum Gasteiger partial charge on any atom is 0.282 e. The van der Waals surface area contributed by atoms with Crippen molar-refractivity contribution in [1.82, 2.24) is 28.5 Å². The van der Waals surface area contributed by atoms with Crippen molar-refractivity contribution in [2.75, 3.05) is 51.3 Å². The molecule has 2 aromatic heterocycles. The number of H-pyrrole nitrogens is 1. The molecule has 4 heterocycles. The minimum atomic E-state index is -3.96. The Morgan fingerprint density at radius 1 is 1.29 bits per heavy atom. The van der Waals surface area contributed by atoms with Gasteiger partial charge in [0.2, 0.25) is 5.91 Å². The van der Waals surface area contributed by atoms with Crippen LogP contribution in [-0.2, 0) is 15.0 Å². The Bertz CT molecular complexity index is 1220. The van der Waals surface area contributed by atoms with Crippen LogP contribution in [0.2, 0.25) is 0 Å². The minimum Gasteiger partial charge on any atom is -0.396 e. The van der Waals surface area contributed by atoms with E-state index in [9.17, 15) is 22.0 Å². The van der Waals surface area contributed by atoms with E-state index >= 15 is 0 Å². The summed E-state index contributed by atoms with van der Waals surface area (Å²) < 4.78 is 58.0. The number of piperazine rings is 1. The number of aliphatic hydroxyl groups excluding tert-OH is 1. The number of nitrogens with zero attached hydrogens (tertiary/aromatic N) is 6. The fraction of sp³-hybridized carbons (Fsp3) is 0.667. The molecule has 2 aromatic rings. The summed E-state index contributed by atoms with van der Waals surface area (Å²) in [6, 6.07) is 0.936. The van der Waals surface area contributed by atoms with Crippen molar-refractivity contribution in [2.24, 2.45) is 0 Å². The molecular formula is C21H29F2N7O4S. The van der Waals surface area contributed by atoms with Crippen molar-refractivity contribution in [3.63, 3.8) is 0 Å². The van der Waals surface area contributed by atoms with Crippen LogP contribution in [0.15, 0.2) is 18.6 Å². The third-order valence-corrected chi connectivity index (χ3v) is 9.27. The number of likely N-dealkylation sites (tertiary alicyclic amines) is 1. The second-order valence-corrected chi connectivity index (χ2v) is 11.6. The van der Waals surface area contributed by atoms with Gasteiger partial charge in [-0.2, -0.15) is 17.0 Å². The van der Waals surface area contributed by atoms with Crippen LogP contribution < -0.4 is 4.90 Å². The molecule has 1 saturated carbocycles. The number of hydrogen-bond donors (Lipinski definition) is 2. The molecule has 1 unspecified atom stereocenters. The second kappa shape index (κ2) is 8.61. The summed E-state index contributed by atoms with van der Waals surface area (Å²) in [5.41, 5.74) is 0.133. The van der Waals surface area contributed by atoms with E-state index in [-0.39, 0.29) is 19.5 Å². The van der Waals surface area contributed by atoms with E-state index in [1.54, 1.807) is 6.20 Å². The molecule has 1 spiro atoms. The molecule has 14 heteroatoms. The van der Waals surface area contributed by atoms with E-state index in [1.807, 2.05) is 6.07 Å². The Labute approximate surface area is 201 Å². The standard InChI is InChI=1S/C21H29F2N7O4S/c1-27(11-15-10-21(22,23)13-29(15)17(32)3-9-31)35(33,34)30-8-7-28(12-20(30)4-5-20)19-16-2-6-24-18(16)25-14-26-19/h2,6,14-15,31H,3-5,7-13H2,1H3,(H,24,25,26). The molecule has 2 aliphatic heterocycles. The smallest absolute Gasteiger partial charge is 0.282 e. The third-order valence-electron chi connectivity index (χ3n) is 7.21. The molecule has 0 aromatic carbocycles. The van der Waals surface area contributed by atoms with Crippen LogP contribution in [-0.4, -0.2) is 112 Å². The van der Waals surface area contributed by atoms with E-state index < -0.39 is 53.2 Å². The number of carbonyl (C=O) groups is 1. The first-order valence-corrected chi connectivity index (χ1v) is 13.0. The first-order chi connectivity index (χ1) is 16.6. The predicted octanol–water partition coefficient (Wildman–Crippen LogP) is 0.408. The summed E-state index contributed by atoms with van der Waals surface area (Å²) >= 11 is 0. The molecule has 3 aliphatic rings. The van der Waals surface area contributed by atoms with Crippen LogP contribution >= 0.6 is 0 Å². The lowest BCUT2D eigenvalue weighted by Crippen LogP contribution is -2.60. The van der Waals surface area contributed by atoms with Gasteiger partial charge in [-0.25, -0.2) is 18.7 Å². The van der Waals surface area contributed by atoms with E-state index in [4.69, 9.17) is 5.11 Å². The van der Waals surface area contributed by atoms with Gasteiger partial charge in [0.15, 0.2) is 0 Å². The molecule has 192 valence electrons. The Kier molecular flexibility index (Phi) is 5.97. The summed E-state index contributed by atoms with van der Waals surface area (Å²) in [4.78, 5) is 27.0. The Morgan fingerprint density at radius 3 is 2.77 bits per heavy atom. The number of alkyl halides is 2. The van der Waals surface area contributed by atoms with Crippen molar-refractivity contribution in [3.8, 4) is 0 Å². The zero-order valence-corrected chi connectivity index (χ0v) is 20.2. The average molecular weight is 514 g/mol. The molecule has 11 nitrogen and oxygen atoms in total. The highest BCUT2D eigenvalue weighted by Crippen LogP contribution is 2.47. The zero-order valence-electron chi connectivity index (χ0n) is 19.4. The number of hydrogen-bond acceptors (Lipinski definition) is 7. The van der Waals surface area contributed by atoms with Crippen LogP contribution in [0.1, 0.15) is 25.7 Å². The molecule has 2 saturated heterocycles. The summed E-state index contributed by atoms with van der Waals surface area (Å²) in [6.45, 7) is -0.317. The topological polar surface area (TPSA) is 126 Å². The zero-order chi connectivity index (χ0) is 25.0. The highest BCUT2D eigenvalue weighted by atomic mass is 32.2. The van der Waals surface area contributed by atoms with Crippen LogP contribution in [0.5, 0.6) is 0 Å². The molecule has 3 fully saturated rings. The maximum atomic E-state index is 14.1. The van der Waals surface area contributed by atoms with Crippen LogP contribution in [0, 0.1) is 0 Å². The van der Waals surface area contributed by atoms with Crippen molar-refractivity contribution in [1.29, 1.82) is 0 Å². The van der Waals surface area contributed by atoms with E-state index in [0.29, 0.717) is 31.6 Å². The lowest BCUT2D eigenvalue weighted by Gasteiger charge is -2.43. The number of nitrogens with one attached hydrogen (secondary N) is 1. The van der Waals surface area contributed by atoms with Gasteiger partial charge in [0.05, 0.1) is 30.1 Å². The average Bonchev–Trinajstić information content (AvgIpc) is 3.25. The second-order valence-electron chi connectivity index (χ2n) is 9.65. The number of likely N-dealkylation sites (N-methyl/N-ethyl adjacent to an activating group) is 1. The number of aliphatic hydroxyl groups is 1.